The lowest BCUT2D eigenvalue weighted by Crippen LogP contribution is -2.43. The Morgan fingerprint density at radius 2 is 1.80 bits per heavy atom. The molecule has 2 aromatic carbocycles. The summed E-state index contributed by atoms with van der Waals surface area (Å²) in [6.45, 7) is -0.0718. The van der Waals surface area contributed by atoms with Crippen LogP contribution >= 0.6 is 0 Å². The van der Waals surface area contributed by atoms with Gasteiger partial charge in [-0.25, -0.2) is 0 Å². The molecule has 0 radical (unpaired) electrons. The Balaban J connectivity index is 1.29. The monoisotopic (exact) mass is 405 g/mol. The van der Waals surface area contributed by atoms with Crippen molar-refractivity contribution >= 4 is 22.7 Å². The summed E-state index contributed by atoms with van der Waals surface area (Å²) < 4.78 is 7.39. The highest BCUT2D eigenvalue weighted by Gasteiger charge is 2.15. The normalized spacial score (nSPS) is 10.7. The fraction of sp³-hybridized carbons (Fsp3) is 0.150. The second-order valence-electron chi connectivity index (χ2n) is 6.51. The molecule has 0 fully saturated rings. The zero-order valence-corrected chi connectivity index (χ0v) is 16.1. The van der Waals surface area contributed by atoms with Crippen LogP contribution in [0.15, 0.2) is 60.8 Å². The van der Waals surface area contributed by atoms with Crippen molar-refractivity contribution in [3.05, 3.63) is 72.2 Å². The Bertz CT molecular complexity index is 1180. The number of fused-ring (bicyclic) bond motifs is 1. The van der Waals surface area contributed by atoms with E-state index in [0.717, 1.165) is 15.7 Å². The molecule has 0 aliphatic carbocycles. The molecule has 2 heterocycles. The quantitative estimate of drug-likeness (QED) is 0.466. The molecule has 0 aliphatic heterocycles. The van der Waals surface area contributed by atoms with E-state index in [1.165, 1.54) is 0 Å². The van der Waals surface area contributed by atoms with Gasteiger partial charge in [0.25, 0.3) is 11.8 Å². The van der Waals surface area contributed by atoms with Crippen LogP contribution in [0.25, 0.3) is 10.9 Å². The number of hydrogen-bond acceptors (Lipinski definition) is 6. The van der Waals surface area contributed by atoms with Gasteiger partial charge in [0.05, 0.1) is 5.56 Å². The molecule has 0 bridgehead atoms. The molecule has 152 valence electrons. The van der Waals surface area contributed by atoms with Crippen LogP contribution in [0.2, 0.25) is 0 Å². The van der Waals surface area contributed by atoms with E-state index < -0.39 is 11.8 Å². The maximum atomic E-state index is 12.4. The van der Waals surface area contributed by atoms with Crippen molar-refractivity contribution in [1.29, 1.82) is 0 Å². The number of nitrogens with one attached hydrogen (secondary N) is 2. The number of benzene rings is 2. The van der Waals surface area contributed by atoms with Crippen LogP contribution in [0.3, 0.4) is 0 Å². The van der Waals surface area contributed by atoms with Crippen LogP contribution in [0.5, 0.6) is 5.75 Å². The van der Waals surface area contributed by atoms with E-state index in [9.17, 15) is 9.59 Å². The Hall–Kier alpha value is -4.21. The first kappa shape index (κ1) is 19.1. The molecule has 2 aromatic heterocycles. The second kappa shape index (κ2) is 8.43. The van der Waals surface area contributed by atoms with Crippen LogP contribution in [0.1, 0.15) is 16.2 Å². The van der Waals surface area contributed by atoms with E-state index >= 15 is 0 Å². The Morgan fingerprint density at radius 3 is 2.63 bits per heavy atom. The first-order chi connectivity index (χ1) is 14.6. The number of para-hydroxylation sites is 2. The molecule has 4 rings (SSSR count). The third kappa shape index (κ3) is 4.27. The minimum absolute atomic E-state index is 0.128. The number of hydrogen-bond donors (Lipinski definition) is 2. The maximum Gasteiger partial charge on any atom is 0.271 e. The molecule has 30 heavy (non-hydrogen) atoms. The summed E-state index contributed by atoms with van der Waals surface area (Å²) in [4.78, 5) is 25.7. The standard InChI is InChI=1S/C20H19N7O3/c1-26-11-16(15-9-5-6-10-17(15)26)20(29)23-22-19(28)12-27-24-18(21-25-27)13-30-14-7-3-2-4-8-14/h2-11H,12-13H2,1H3,(H,22,28)(H,23,29). The zero-order chi connectivity index (χ0) is 20.9. The van der Waals surface area contributed by atoms with Crippen molar-refractivity contribution in [1.82, 2.24) is 35.6 Å². The van der Waals surface area contributed by atoms with Gasteiger partial charge in [-0.3, -0.25) is 20.4 Å². The maximum absolute atomic E-state index is 12.4. The van der Waals surface area contributed by atoms with Crippen LogP contribution in [-0.4, -0.2) is 36.6 Å². The van der Waals surface area contributed by atoms with Crippen molar-refractivity contribution in [2.75, 3.05) is 0 Å². The molecule has 2 amide bonds. The van der Waals surface area contributed by atoms with E-state index in [2.05, 4.69) is 26.3 Å². The molecule has 0 unspecified atom stereocenters. The van der Waals surface area contributed by atoms with E-state index in [0.29, 0.717) is 17.1 Å². The number of rotatable bonds is 6. The predicted molar refractivity (Wildman–Crippen MR) is 107 cm³/mol. The molecule has 0 spiro atoms. The van der Waals surface area contributed by atoms with Crippen molar-refractivity contribution in [3.63, 3.8) is 0 Å². The van der Waals surface area contributed by atoms with Crippen LogP contribution in [0.4, 0.5) is 0 Å². The van der Waals surface area contributed by atoms with Gasteiger partial charge in [-0.05, 0) is 23.4 Å². The Labute approximate surface area is 171 Å². The number of hydrazine groups is 1. The van der Waals surface area contributed by atoms with E-state index in [1.807, 2.05) is 66.2 Å². The lowest BCUT2D eigenvalue weighted by Gasteiger charge is -2.06. The van der Waals surface area contributed by atoms with E-state index in [4.69, 9.17) is 4.74 Å². The van der Waals surface area contributed by atoms with Crippen molar-refractivity contribution in [3.8, 4) is 5.75 Å². The number of nitrogens with zero attached hydrogens (tertiary/aromatic N) is 5. The molecule has 4 aromatic rings. The fourth-order valence-corrected chi connectivity index (χ4v) is 2.95. The van der Waals surface area contributed by atoms with Crippen LogP contribution in [-0.2, 0) is 25.0 Å². The molecular weight excluding hydrogens is 386 g/mol. The first-order valence-electron chi connectivity index (χ1n) is 9.18. The average molecular weight is 405 g/mol. The van der Waals surface area contributed by atoms with Crippen molar-refractivity contribution in [2.45, 2.75) is 13.2 Å². The molecule has 0 saturated carbocycles. The SMILES string of the molecule is Cn1cc(C(=O)NNC(=O)Cn2nnc(COc3ccccc3)n2)c2ccccc21. The second-order valence-corrected chi connectivity index (χ2v) is 6.51. The van der Waals surface area contributed by atoms with E-state index in [1.54, 1.807) is 6.20 Å². The summed E-state index contributed by atoms with van der Waals surface area (Å²) in [5.41, 5.74) is 6.16. The summed E-state index contributed by atoms with van der Waals surface area (Å²) >= 11 is 0. The Morgan fingerprint density at radius 1 is 1.03 bits per heavy atom. The number of amides is 2. The lowest BCUT2D eigenvalue weighted by molar-refractivity contribution is -0.122. The molecule has 2 N–H and O–H groups in total. The highest BCUT2D eigenvalue weighted by Crippen LogP contribution is 2.19. The molecule has 0 saturated heterocycles. The average Bonchev–Trinajstić information content (AvgIpc) is 3.36. The third-order valence-electron chi connectivity index (χ3n) is 4.35. The van der Waals surface area contributed by atoms with Gasteiger partial charge in [0, 0.05) is 24.1 Å². The summed E-state index contributed by atoms with van der Waals surface area (Å²) in [7, 11) is 1.85. The van der Waals surface area contributed by atoms with E-state index in [-0.39, 0.29) is 13.2 Å². The summed E-state index contributed by atoms with van der Waals surface area (Å²) in [6, 6.07) is 16.8. The number of tetrazole rings is 1. The fourth-order valence-electron chi connectivity index (χ4n) is 2.95. The number of carbonyl (C=O) groups is 2. The van der Waals surface area contributed by atoms with Crippen molar-refractivity contribution in [2.24, 2.45) is 7.05 Å². The van der Waals surface area contributed by atoms with Gasteiger partial charge in [-0.1, -0.05) is 36.4 Å². The minimum atomic E-state index is -0.489. The Kier molecular flexibility index (Phi) is 5.37. The topological polar surface area (TPSA) is 116 Å². The molecule has 0 atom stereocenters. The number of ether oxygens (including phenoxy) is 1. The summed E-state index contributed by atoms with van der Waals surface area (Å²) in [5, 5.41) is 12.6. The highest BCUT2D eigenvalue weighted by molar-refractivity contribution is 6.07. The van der Waals surface area contributed by atoms with Gasteiger partial charge in [0.2, 0.25) is 5.82 Å². The molecule has 10 heteroatoms. The number of carbonyl (C=O) groups excluding carboxylic acids is 2. The first-order valence-corrected chi connectivity index (χ1v) is 9.18. The molecular formula is C20H19N7O3. The molecule has 10 nitrogen and oxygen atoms in total. The van der Waals surface area contributed by atoms with Gasteiger partial charge in [0.1, 0.15) is 12.3 Å². The number of aromatic nitrogens is 5. The number of aryl methyl sites for hydroxylation is 1. The summed E-state index contributed by atoms with van der Waals surface area (Å²) in [6.07, 6.45) is 1.71. The molecule has 0 aliphatic rings. The van der Waals surface area contributed by atoms with Crippen LogP contribution in [0, 0.1) is 0 Å². The van der Waals surface area contributed by atoms with Gasteiger partial charge in [-0.15, -0.1) is 10.2 Å². The van der Waals surface area contributed by atoms with Crippen molar-refractivity contribution < 1.29 is 14.3 Å². The van der Waals surface area contributed by atoms with Gasteiger partial charge < -0.3 is 9.30 Å². The lowest BCUT2D eigenvalue weighted by atomic mass is 10.2. The highest BCUT2D eigenvalue weighted by atomic mass is 16.5. The largest absolute Gasteiger partial charge is 0.485 e. The predicted octanol–water partition coefficient (Wildman–Crippen LogP) is 1.21. The summed E-state index contributed by atoms with van der Waals surface area (Å²) in [5.74, 6) is 0.120. The third-order valence-corrected chi connectivity index (χ3v) is 4.35. The zero-order valence-electron chi connectivity index (χ0n) is 16.1. The van der Waals surface area contributed by atoms with Gasteiger partial charge in [-0.2, -0.15) is 4.80 Å². The van der Waals surface area contributed by atoms with Gasteiger partial charge >= 0.3 is 0 Å². The smallest absolute Gasteiger partial charge is 0.271 e. The minimum Gasteiger partial charge on any atom is -0.485 e. The van der Waals surface area contributed by atoms with Crippen LogP contribution < -0.4 is 15.6 Å². The van der Waals surface area contributed by atoms with Gasteiger partial charge in [0.15, 0.2) is 6.61 Å².